The van der Waals surface area contributed by atoms with Crippen molar-refractivity contribution in [3.63, 3.8) is 0 Å². The van der Waals surface area contributed by atoms with Crippen LogP contribution in [0.2, 0.25) is 5.02 Å². The molecule has 28 heteroatoms. The number of quaternary nitrogens is 1. The van der Waals surface area contributed by atoms with Crippen molar-refractivity contribution in [3.8, 4) is 5.00 Å². The summed E-state index contributed by atoms with van der Waals surface area (Å²) >= 11 is 7.84. The van der Waals surface area contributed by atoms with Crippen LogP contribution in [0.25, 0.3) is 5.00 Å². The van der Waals surface area contributed by atoms with Gasteiger partial charge >= 0.3 is 6.18 Å². The van der Waals surface area contributed by atoms with Crippen molar-refractivity contribution in [2.45, 2.75) is 77.2 Å². The summed E-state index contributed by atoms with van der Waals surface area (Å²) in [6.07, 6.45) is -4.82. The molecule has 5 aromatic rings. The van der Waals surface area contributed by atoms with E-state index >= 15 is 0 Å². The zero-order valence-electron chi connectivity index (χ0n) is 42.2. The van der Waals surface area contributed by atoms with Gasteiger partial charge in [0.25, 0.3) is 23.6 Å². The molecule has 2 aromatic heterocycles. The van der Waals surface area contributed by atoms with Crippen LogP contribution in [-0.2, 0) is 28.8 Å². The Kier molecular flexibility index (Phi) is 16.5. The van der Waals surface area contributed by atoms with Crippen molar-refractivity contribution in [1.82, 2.24) is 40.5 Å². The smallest absolute Gasteiger partial charge is 0.430 e. The van der Waals surface area contributed by atoms with Gasteiger partial charge in [-0.1, -0.05) is 35.9 Å². The molecule has 23 nitrogen and oxygen atoms in total. The van der Waals surface area contributed by atoms with E-state index in [2.05, 4.69) is 56.4 Å². The number of benzene rings is 3. The topological polar surface area (TPSA) is 331 Å². The van der Waals surface area contributed by atoms with Crippen molar-refractivity contribution in [1.29, 1.82) is 0 Å². The van der Waals surface area contributed by atoms with Crippen LogP contribution in [0.5, 0.6) is 0 Å². The average molecular weight is 1130 g/mol. The Hall–Kier alpha value is -8.69. The highest BCUT2D eigenvalue weighted by atomic mass is 35.5. The number of aromatic nitrogens is 3. The van der Waals surface area contributed by atoms with Crippen molar-refractivity contribution in [2.75, 3.05) is 36.8 Å². The molecule has 0 aliphatic carbocycles. The number of carbonyl (C=O) groups excluding carboxylic acids is 10. The molecule has 0 spiro atoms. The summed E-state index contributed by atoms with van der Waals surface area (Å²) in [6, 6.07) is 14.6. The van der Waals surface area contributed by atoms with Crippen molar-refractivity contribution >= 4 is 99.2 Å². The quantitative estimate of drug-likeness (QED) is 0.0767. The number of aliphatic carboxylic acids is 1. The van der Waals surface area contributed by atoms with Crippen LogP contribution in [-0.4, -0.2) is 134 Å². The van der Waals surface area contributed by atoms with Crippen molar-refractivity contribution in [2.24, 2.45) is 4.99 Å². The largest absolute Gasteiger partial charge is 0.542 e. The number of carboxylic acid groups (broad SMARTS) is 1. The SMILES string of the molecule is Cc1sc2c(c1C)C(c1ccc(Cl)cc1)=N[C@@H](CC(=O)NCCNc1cccc3c1C(=O)N(C1CCC(=O)NC1=O)C3=O)c1nnc(C)n1-2.O=C([O-])C(F)(F)F.[NH3+]CCNc1cccc2c1C(=O)N(C1CCC(=O)NC1=O)C2=O. The minimum atomic E-state index is -5.19. The third-order valence-electron chi connectivity index (χ3n) is 13.2. The lowest BCUT2D eigenvalue weighted by Crippen LogP contribution is -2.54. The number of hydrogen-bond donors (Lipinski definition) is 6. The first-order valence-corrected chi connectivity index (χ1v) is 25.6. The molecule has 5 aliphatic heterocycles. The molecule has 2 saturated heterocycles. The predicted octanol–water partition coefficient (Wildman–Crippen LogP) is 1.86. The Bertz CT molecular complexity index is 3420. The summed E-state index contributed by atoms with van der Waals surface area (Å²) in [6.45, 7) is 7.66. The number of thiophene rings is 1. The molecule has 7 heterocycles. The van der Waals surface area contributed by atoms with Gasteiger partial charge < -0.3 is 31.6 Å². The first-order chi connectivity index (χ1) is 37.5. The van der Waals surface area contributed by atoms with Crippen molar-refractivity contribution < 1.29 is 72.0 Å². The van der Waals surface area contributed by atoms with E-state index < -0.39 is 71.6 Å². The van der Waals surface area contributed by atoms with Gasteiger partial charge in [-0.2, -0.15) is 13.2 Å². The number of amides is 9. The van der Waals surface area contributed by atoms with Crippen LogP contribution < -0.4 is 37.4 Å². The fourth-order valence-electron chi connectivity index (χ4n) is 9.33. The molecule has 3 atom stereocenters. The lowest BCUT2D eigenvalue weighted by Gasteiger charge is -2.27. The summed E-state index contributed by atoms with van der Waals surface area (Å²) < 4.78 is 33.5. The molecule has 0 bridgehead atoms. The molecular formula is C51H48ClF3N12O11S. The number of aryl methyl sites for hydroxylation is 2. The average Bonchev–Trinajstić information content (AvgIpc) is 4.22. The second-order valence-electron chi connectivity index (χ2n) is 18.3. The highest BCUT2D eigenvalue weighted by molar-refractivity contribution is 7.15. The Balaban J connectivity index is 0.000000226. The van der Waals surface area contributed by atoms with Gasteiger partial charge in [-0.15, -0.1) is 21.5 Å². The molecular weight excluding hydrogens is 1080 g/mol. The standard InChI is InChI=1S/C34H31ClN8O5S.C15H16N4O4.C2HF3O2/c1-16-17(2)49-34-27(16)29(19-7-9-20(35)10-8-19)38-23(30-41-40-18(3)42(30)34)15-26(45)37-14-13-36-22-6-4-5-21-28(22)33(48)43(32(21)47)24-11-12-25(44)39-31(24)46;16-6-7-17-9-3-1-2-8-12(9)15(23)19(14(8)22)10-4-5-11(20)18-13(10)21;3-2(4,5)1(6)7/h4-10,23-24,36H,11-15H2,1-3H3,(H,37,45)(H,39,44,46);1-3,10,17H,4-7,16H2,(H,18,20,21);(H,6,7)/t23-,24?;;/m0../s1. The summed E-state index contributed by atoms with van der Waals surface area (Å²) in [7, 11) is 0. The maximum absolute atomic E-state index is 13.4. The first-order valence-electron chi connectivity index (χ1n) is 24.4. The van der Waals surface area contributed by atoms with E-state index in [-0.39, 0.29) is 79.3 Å². The zero-order valence-corrected chi connectivity index (χ0v) is 43.7. The maximum Gasteiger partial charge on any atom is 0.430 e. The second-order valence-corrected chi connectivity index (χ2v) is 19.9. The molecule has 2 fully saturated rings. The molecule has 0 radical (unpaired) electrons. The molecule has 2 unspecified atom stereocenters. The second kappa shape index (κ2) is 23.1. The van der Waals surface area contributed by atoms with E-state index in [0.29, 0.717) is 41.1 Å². The number of piperidine rings is 2. The van der Waals surface area contributed by atoms with E-state index in [1.807, 2.05) is 35.8 Å². The summed E-state index contributed by atoms with van der Waals surface area (Å²) in [5.41, 5.74) is 9.24. The molecule has 5 aliphatic rings. The third-order valence-corrected chi connectivity index (χ3v) is 14.6. The van der Waals surface area contributed by atoms with Crippen LogP contribution in [0.4, 0.5) is 24.5 Å². The van der Waals surface area contributed by atoms with Crippen LogP contribution in [0, 0.1) is 20.8 Å². The Morgan fingerprint density at radius 3 is 1.76 bits per heavy atom. The first kappa shape index (κ1) is 56.5. The van der Waals surface area contributed by atoms with E-state index in [0.717, 1.165) is 42.1 Å². The molecule has 412 valence electrons. The lowest BCUT2D eigenvalue weighted by molar-refractivity contribution is -0.362. The predicted molar refractivity (Wildman–Crippen MR) is 273 cm³/mol. The minimum Gasteiger partial charge on any atom is -0.542 e. The van der Waals surface area contributed by atoms with Gasteiger partial charge in [-0.25, -0.2) is 0 Å². The number of halogens is 4. The number of carbonyl (C=O) groups is 10. The number of anilines is 2. The highest BCUT2D eigenvalue weighted by Gasteiger charge is 2.47. The van der Waals surface area contributed by atoms with Gasteiger partial charge in [0, 0.05) is 58.3 Å². The van der Waals surface area contributed by atoms with Gasteiger partial charge in [-0.3, -0.25) is 73.1 Å². The van der Waals surface area contributed by atoms with Crippen LogP contribution in [0.1, 0.15) is 113 Å². The fourth-order valence-corrected chi connectivity index (χ4v) is 10.7. The third kappa shape index (κ3) is 11.5. The summed E-state index contributed by atoms with van der Waals surface area (Å²) in [5.74, 6) is -6.31. The number of nitrogens with one attached hydrogen (secondary N) is 5. The monoisotopic (exact) mass is 1130 g/mol. The van der Waals surface area contributed by atoms with Gasteiger partial charge in [0.1, 0.15) is 34.9 Å². The number of hydrogen-bond acceptors (Lipinski definition) is 17. The number of aliphatic imine (C=N–C) groups is 1. The summed E-state index contributed by atoms with van der Waals surface area (Å²) in [4.78, 5) is 129. The highest BCUT2D eigenvalue weighted by Crippen LogP contribution is 2.40. The number of carboxylic acids is 1. The molecule has 8 N–H and O–H groups in total. The Morgan fingerprint density at radius 1 is 0.747 bits per heavy atom. The lowest BCUT2D eigenvalue weighted by atomic mass is 9.99. The van der Waals surface area contributed by atoms with E-state index in [1.165, 1.54) is 6.07 Å². The van der Waals surface area contributed by atoms with E-state index in [4.69, 9.17) is 26.5 Å². The van der Waals surface area contributed by atoms with Crippen LogP contribution >= 0.6 is 22.9 Å². The molecule has 9 amide bonds. The van der Waals surface area contributed by atoms with Gasteiger partial charge in [0.15, 0.2) is 5.82 Å². The maximum atomic E-state index is 13.4. The number of rotatable bonds is 12. The fraction of sp³-hybridized carbons (Fsp3) is 0.314. The van der Waals surface area contributed by atoms with Crippen LogP contribution in [0.15, 0.2) is 65.7 Å². The van der Waals surface area contributed by atoms with Gasteiger partial charge in [-0.05, 0) is 75.6 Å². The number of fused-ring (bicyclic) bond motifs is 5. The van der Waals surface area contributed by atoms with Crippen molar-refractivity contribution in [3.05, 3.63) is 121 Å². The van der Waals surface area contributed by atoms with E-state index in [1.54, 1.807) is 41.7 Å². The number of imide groups is 4. The zero-order chi connectivity index (χ0) is 57.2. The Labute approximate surface area is 455 Å². The Morgan fingerprint density at radius 2 is 1.27 bits per heavy atom. The molecule has 0 saturated carbocycles. The number of nitrogens with zero attached hydrogens (tertiary/aromatic N) is 6. The van der Waals surface area contributed by atoms with Gasteiger partial charge in [0.2, 0.25) is 29.5 Å². The minimum absolute atomic E-state index is 0.0107. The number of alkyl halides is 3. The molecule has 3 aromatic carbocycles. The normalized spacial score (nSPS) is 18.4. The molecule has 79 heavy (non-hydrogen) atoms. The van der Waals surface area contributed by atoms with E-state index in [9.17, 15) is 56.3 Å². The van der Waals surface area contributed by atoms with Crippen LogP contribution in [0.3, 0.4) is 0 Å². The van der Waals surface area contributed by atoms with Gasteiger partial charge in [0.05, 0.1) is 47.5 Å². The summed E-state index contributed by atoms with van der Waals surface area (Å²) in [5, 5.41) is 32.7. The molecule has 10 rings (SSSR count).